The highest BCUT2D eigenvalue weighted by atomic mass is 35.5. The third-order valence-corrected chi connectivity index (χ3v) is 4.49. The van der Waals surface area contributed by atoms with Gasteiger partial charge in [-0.15, -0.1) is 0 Å². The number of halogens is 3. The number of hydrogen-bond donors (Lipinski definition) is 0. The molecule has 0 unspecified atom stereocenters. The lowest BCUT2D eigenvalue weighted by molar-refractivity contribution is 0.190. The van der Waals surface area contributed by atoms with Gasteiger partial charge in [-0.2, -0.15) is 0 Å². The van der Waals surface area contributed by atoms with E-state index < -0.39 is 19.3 Å². The predicted molar refractivity (Wildman–Crippen MR) is 66.1 cm³/mol. The van der Waals surface area contributed by atoms with Gasteiger partial charge >= 0.3 is 7.60 Å². The van der Waals surface area contributed by atoms with Crippen LogP contribution in [0.3, 0.4) is 0 Å². The molecule has 7 heteroatoms. The van der Waals surface area contributed by atoms with Crippen LogP contribution in [0.25, 0.3) is 0 Å². The molecule has 0 aromatic heterocycles. The van der Waals surface area contributed by atoms with Crippen LogP contribution < -0.4 is 0 Å². The zero-order chi connectivity index (χ0) is 13.8. The molecule has 1 aromatic carbocycles. The standard InChI is InChI=1S/C11H14ClF2O3P/c1-3-16-18(15,17-4-2)11(14)8-5-6-10(13)9(12)7-8/h5-7,11H,3-4H2,1-2H3/t11-/m1/s1. The zero-order valence-corrected chi connectivity index (χ0v) is 11.7. The molecule has 18 heavy (non-hydrogen) atoms. The number of rotatable bonds is 6. The van der Waals surface area contributed by atoms with Crippen LogP contribution in [0.2, 0.25) is 5.02 Å². The summed E-state index contributed by atoms with van der Waals surface area (Å²) in [7, 11) is -3.92. The summed E-state index contributed by atoms with van der Waals surface area (Å²) in [5.74, 6) is -2.66. The van der Waals surface area contributed by atoms with E-state index in [1.54, 1.807) is 13.8 Å². The van der Waals surface area contributed by atoms with E-state index in [-0.39, 0.29) is 23.8 Å². The second kappa shape index (κ2) is 6.62. The minimum absolute atomic E-state index is 0.0355. The molecule has 102 valence electrons. The highest BCUT2D eigenvalue weighted by Gasteiger charge is 2.37. The molecule has 1 rings (SSSR count). The van der Waals surface area contributed by atoms with Crippen LogP contribution in [0.4, 0.5) is 8.78 Å². The Hall–Kier alpha value is -0.480. The molecule has 0 N–H and O–H groups in total. The Morgan fingerprint density at radius 1 is 1.33 bits per heavy atom. The molecule has 0 bridgehead atoms. The van der Waals surface area contributed by atoms with Crippen molar-refractivity contribution >= 4 is 19.2 Å². The van der Waals surface area contributed by atoms with Gasteiger partial charge in [-0.3, -0.25) is 4.57 Å². The molecule has 0 aliphatic carbocycles. The summed E-state index contributed by atoms with van der Waals surface area (Å²) in [4.78, 5) is 0. The van der Waals surface area contributed by atoms with Crippen molar-refractivity contribution in [2.24, 2.45) is 0 Å². The van der Waals surface area contributed by atoms with E-state index in [1.807, 2.05) is 0 Å². The van der Waals surface area contributed by atoms with E-state index in [4.69, 9.17) is 20.6 Å². The first kappa shape index (κ1) is 15.6. The summed E-state index contributed by atoms with van der Waals surface area (Å²) in [5, 5.41) is -0.241. The van der Waals surface area contributed by atoms with Crippen molar-refractivity contribution in [3.63, 3.8) is 0 Å². The molecule has 0 radical (unpaired) electrons. The van der Waals surface area contributed by atoms with Crippen LogP contribution in [0.5, 0.6) is 0 Å². The second-order valence-electron chi connectivity index (χ2n) is 3.38. The average Bonchev–Trinajstić information content (AvgIpc) is 2.32. The van der Waals surface area contributed by atoms with E-state index in [0.717, 1.165) is 18.2 Å². The summed E-state index contributed by atoms with van der Waals surface area (Å²) in [6.07, 6.45) is 0. The Bertz CT molecular complexity index is 446. The van der Waals surface area contributed by atoms with Crippen molar-refractivity contribution in [1.29, 1.82) is 0 Å². The highest BCUT2D eigenvalue weighted by molar-refractivity contribution is 7.54. The van der Waals surface area contributed by atoms with Crippen LogP contribution in [0.1, 0.15) is 25.3 Å². The molecule has 0 fully saturated rings. The van der Waals surface area contributed by atoms with Crippen molar-refractivity contribution in [3.05, 3.63) is 34.6 Å². The van der Waals surface area contributed by atoms with Gasteiger partial charge in [-0.1, -0.05) is 17.7 Å². The van der Waals surface area contributed by atoms with Crippen molar-refractivity contribution < 1.29 is 22.4 Å². The lowest BCUT2D eigenvalue weighted by Gasteiger charge is -2.20. The Kier molecular flexibility index (Phi) is 5.73. The third kappa shape index (κ3) is 3.51. The molecule has 0 amide bonds. The third-order valence-electron chi connectivity index (χ3n) is 2.11. The summed E-state index contributed by atoms with van der Waals surface area (Å²) in [5.41, 5.74) is -0.0355. The molecular formula is C11H14ClF2O3P. The van der Waals surface area contributed by atoms with Gasteiger partial charge in [0.15, 0.2) is 0 Å². The molecule has 0 saturated heterocycles. The zero-order valence-electron chi connectivity index (χ0n) is 10.0. The van der Waals surface area contributed by atoms with Gasteiger partial charge in [0, 0.05) is 0 Å². The maximum absolute atomic E-state index is 14.2. The van der Waals surface area contributed by atoms with E-state index in [9.17, 15) is 13.3 Å². The molecule has 0 aliphatic rings. The first-order valence-corrected chi connectivity index (χ1v) is 7.41. The van der Waals surface area contributed by atoms with Crippen molar-refractivity contribution in [2.75, 3.05) is 13.2 Å². The fraction of sp³-hybridized carbons (Fsp3) is 0.455. The van der Waals surface area contributed by atoms with Gasteiger partial charge < -0.3 is 9.05 Å². The Labute approximate surface area is 110 Å². The van der Waals surface area contributed by atoms with E-state index in [0.29, 0.717) is 0 Å². The molecule has 0 spiro atoms. The fourth-order valence-electron chi connectivity index (χ4n) is 1.37. The predicted octanol–water partition coefficient (Wildman–Crippen LogP) is 4.71. The van der Waals surface area contributed by atoms with Crippen molar-refractivity contribution in [2.45, 2.75) is 19.8 Å². The second-order valence-corrected chi connectivity index (χ2v) is 5.84. The molecule has 1 atom stereocenters. The molecule has 0 heterocycles. The number of hydrogen-bond acceptors (Lipinski definition) is 3. The minimum atomic E-state index is -3.92. The summed E-state index contributed by atoms with van der Waals surface area (Å²) >= 11 is 5.55. The van der Waals surface area contributed by atoms with E-state index in [1.165, 1.54) is 0 Å². The maximum atomic E-state index is 14.2. The topological polar surface area (TPSA) is 35.5 Å². The summed E-state index contributed by atoms with van der Waals surface area (Å²) in [6, 6.07) is 3.25. The molecule has 3 nitrogen and oxygen atoms in total. The van der Waals surface area contributed by atoms with Gasteiger partial charge in [-0.25, -0.2) is 8.78 Å². The largest absolute Gasteiger partial charge is 0.369 e. The lowest BCUT2D eigenvalue weighted by atomic mass is 10.2. The lowest BCUT2D eigenvalue weighted by Crippen LogP contribution is -2.03. The first-order chi connectivity index (χ1) is 8.44. The van der Waals surface area contributed by atoms with Gasteiger partial charge in [0.05, 0.1) is 18.2 Å². The van der Waals surface area contributed by atoms with Crippen molar-refractivity contribution in [1.82, 2.24) is 0 Å². The highest BCUT2D eigenvalue weighted by Crippen LogP contribution is 2.61. The van der Waals surface area contributed by atoms with Crippen LogP contribution in [0.15, 0.2) is 18.2 Å². The quantitative estimate of drug-likeness (QED) is 0.713. The van der Waals surface area contributed by atoms with Crippen LogP contribution >= 0.6 is 19.2 Å². The maximum Gasteiger partial charge on any atom is 0.369 e. The molecule has 0 aliphatic heterocycles. The fourth-order valence-corrected chi connectivity index (χ4v) is 3.14. The van der Waals surface area contributed by atoms with E-state index in [2.05, 4.69) is 0 Å². The number of alkyl halides is 1. The minimum Gasteiger partial charge on any atom is -0.307 e. The van der Waals surface area contributed by atoms with E-state index >= 15 is 0 Å². The van der Waals surface area contributed by atoms with Crippen LogP contribution in [-0.4, -0.2) is 13.2 Å². The SMILES string of the molecule is CCOP(=O)(OCC)[C@@H](F)c1ccc(F)c(Cl)c1. The summed E-state index contributed by atoms with van der Waals surface area (Å²) in [6.45, 7) is 3.26. The Balaban J connectivity index is 3.05. The normalized spacial score (nSPS) is 13.6. The van der Waals surface area contributed by atoms with Gasteiger partial charge in [-0.05, 0) is 31.5 Å². The molecule has 0 saturated carbocycles. The summed E-state index contributed by atoms with van der Waals surface area (Å²) < 4.78 is 49.1. The molecule has 1 aromatic rings. The van der Waals surface area contributed by atoms with Gasteiger partial charge in [0.1, 0.15) is 5.82 Å². The van der Waals surface area contributed by atoms with Crippen molar-refractivity contribution in [3.8, 4) is 0 Å². The Morgan fingerprint density at radius 3 is 2.33 bits per heavy atom. The van der Waals surface area contributed by atoms with Crippen LogP contribution in [0, 0.1) is 5.82 Å². The smallest absolute Gasteiger partial charge is 0.307 e. The first-order valence-electron chi connectivity index (χ1n) is 5.42. The van der Waals surface area contributed by atoms with Gasteiger partial charge in [0.25, 0.3) is 0 Å². The van der Waals surface area contributed by atoms with Crippen LogP contribution in [-0.2, 0) is 13.6 Å². The number of benzene rings is 1. The molecular weight excluding hydrogens is 285 g/mol. The Morgan fingerprint density at radius 2 is 1.89 bits per heavy atom. The van der Waals surface area contributed by atoms with Gasteiger partial charge in [0.2, 0.25) is 5.91 Å². The monoisotopic (exact) mass is 298 g/mol. The average molecular weight is 299 g/mol.